The third-order valence-corrected chi connectivity index (χ3v) is 3.37. The lowest BCUT2D eigenvalue weighted by Crippen LogP contribution is -2.07. The molecule has 0 spiro atoms. The quantitative estimate of drug-likeness (QED) is 0.618. The van der Waals surface area contributed by atoms with Crippen molar-refractivity contribution in [3.8, 4) is 0 Å². The van der Waals surface area contributed by atoms with E-state index in [0.717, 1.165) is 10.3 Å². The van der Waals surface area contributed by atoms with Crippen molar-refractivity contribution in [2.45, 2.75) is 13.1 Å². The monoisotopic (exact) mass is 257 g/mol. The fourth-order valence-corrected chi connectivity index (χ4v) is 2.68. The van der Waals surface area contributed by atoms with Gasteiger partial charge in [0.15, 0.2) is 0 Å². The zero-order valence-electron chi connectivity index (χ0n) is 8.62. The molecule has 0 aliphatic carbocycles. The van der Waals surface area contributed by atoms with Crippen molar-refractivity contribution in [2.75, 3.05) is 0 Å². The van der Waals surface area contributed by atoms with Crippen LogP contribution in [0.5, 0.6) is 0 Å². The number of hydrogen-bond donors (Lipinski definition) is 0. The Bertz CT molecular complexity index is 711. The highest BCUT2D eigenvalue weighted by Gasteiger charge is 2.36. The van der Waals surface area contributed by atoms with E-state index in [4.69, 9.17) is 0 Å². The van der Waals surface area contributed by atoms with Crippen molar-refractivity contribution in [3.05, 3.63) is 29.6 Å². The average Bonchev–Trinajstić information content (AvgIpc) is 2.72. The Balaban J connectivity index is 2.32. The summed E-state index contributed by atoms with van der Waals surface area (Å²) in [7, 11) is 0. The molecule has 2 aromatic heterocycles. The van der Waals surface area contributed by atoms with Crippen molar-refractivity contribution < 1.29 is 13.2 Å². The average molecular weight is 257 g/mol. The lowest BCUT2D eigenvalue weighted by atomic mass is 10.2. The SMILES string of the molecule is Cc1ccc2c(c1)sc1nc(C(F)(F)F)nn12. The van der Waals surface area contributed by atoms with E-state index in [-0.39, 0.29) is 4.96 Å². The molecule has 0 aliphatic rings. The standard InChI is InChI=1S/C10H6F3N3S/c1-5-2-3-6-7(4-5)17-9-14-8(10(11,12)13)15-16(6)9/h2-4H,1H3. The van der Waals surface area contributed by atoms with Crippen LogP contribution >= 0.6 is 11.3 Å². The molecule has 0 fully saturated rings. The fraction of sp³-hybridized carbons (Fsp3) is 0.200. The molecular weight excluding hydrogens is 251 g/mol. The fourth-order valence-electron chi connectivity index (χ4n) is 1.62. The third-order valence-electron chi connectivity index (χ3n) is 2.38. The summed E-state index contributed by atoms with van der Waals surface area (Å²) in [6, 6.07) is 5.50. The number of thiazole rings is 1. The number of rotatable bonds is 0. The van der Waals surface area contributed by atoms with E-state index in [0.29, 0.717) is 5.52 Å². The van der Waals surface area contributed by atoms with Gasteiger partial charge in [0.05, 0.1) is 10.2 Å². The zero-order chi connectivity index (χ0) is 12.2. The van der Waals surface area contributed by atoms with Gasteiger partial charge in [-0.05, 0) is 24.6 Å². The minimum Gasteiger partial charge on any atom is -0.203 e. The maximum Gasteiger partial charge on any atom is 0.453 e. The Morgan fingerprint density at radius 2 is 2.06 bits per heavy atom. The van der Waals surface area contributed by atoms with E-state index in [9.17, 15) is 13.2 Å². The van der Waals surface area contributed by atoms with Gasteiger partial charge in [-0.3, -0.25) is 0 Å². The van der Waals surface area contributed by atoms with Gasteiger partial charge >= 0.3 is 6.18 Å². The Labute approximate surface area is 97.5 Å². The molecular formula is C10H6F3N3S. The smallest absolute Gasteiger partial charge is 0.203 e. The summed E-state index contributed by atoms with van der Waals surface area (Å²) in [6.07, 6.45) is -4.50. The number of alkyl halides is 3. The lowest BCUT2D eigenvalue weighted by Gasteiger charge is -1.98. The summed E-state index contributed by atoms with van der Waals surface area (Å²) >= 11 is 1.20. The summed E-state index contributed by atoms with van der Waals surface area (Å²) in [5, 5.41) is 3.49. The molecule has 3 rings (SSSR count). The minimum atomic E-state index is -4.50. The van der Waals surface area contributed by atoms with Crippen LogP contribution in [0.2, 0.25) is 0 Å². The first kappa shape index (κ1) is 10.5. The Morgan fingerprint density at radius 3 is 2.76 bits per heavy atom. The van der Waals surface area contributed by atoms with Gasteiger partial charge in [-0.25, -0.2) is 4.52 Å². The summed E-state index contributed by atoms with van der Waals surface area (Å²) in [5.41, 5.74) is 1.71. The molecule has 1 aromatic carbocycles. The lowest BCUT2D eigenvalue weighted by molar-refractivity contribution is -0.144. The Morgan fingerprint density at radius 1 is 1.29 bits per heavy atom. The molecule has 3 aromatic rings. The van der Waals surface area contributed by atoms with Crippen LogP contribution in [0.15, 0.2) is 18.2 Å². The van der Waals surface area contributed by atoms with Gasteiger partial charge in [-0.2, -0.15) is 18.2 Å². The van der Waals surface area contributed by atoms with Crippen molar-refractivity contribution in [2.24, 2.45) is 0 Å². The topological polar surface area (TPSA) is 30.2 Å². The molecule has 0 saturated carbocycles. The van der Waals surface area contributed by atoms with E-state index in [2.05, 4.69) is 10.1 Å². The molecule has 0 aliphatic heterocycles. The number of hydrogen-bond acceptors (Lipinski definition) is 3. The molecule has 2 heterocycles. The predicted octanol–water partition coefficient (Wildman–Crippen LogP) is 3.27. The normalized spacial score (nSPS) is 12.7. The summed E-state index contributed by atoms with van der Waals surface area (Å²) in [4.78, 5) is 3.76. The van der Waals surface area contributed by atoms with Crippen LogP contribution in [0.3, 0.4) is 0 Å². The van der Waals surface area contributed by atoms with Crippen LogP contribution in [0.1, 0.15) is 11.4 Å². The second kappa shape index (κ2) is 3.19. The Hall–Kier alpha value is -1.63. The number of aryl methyl sites for hydroxylation is 1. The second-order valence-electron chi connectivity index (χ2n) is 3.70. The van der Waals surface area contributed by atoms with Crippen molar-refractivity contribution in [1.29, 1.82) is 0 Å². The first-order valence-corrected chi connectivity index (χ1v) is 5.60. The molecule has 0 unspecified atom stereocenters. The van der Waals surface area contributed by atoms with E-state index < -0.39 is 12.0 Å². The summed E-state index contributed by atoms with van der Waals surface area (Å²) in [5.74, 6) is -1.09. The van der Waals surface area contributed by atoms with Crippen molar-refractivity contribution >= 4 is 26.5 Å². The molecule has 3 nitrogen and oxygen atoms in total. The Kier molecular flexibility index (Phi) is 1.97. The first-order valence-electron chi connectivity index (χ1n) is 4.78. The molecule has 0 amide bonds. The van der Waals surface area contributed by atoms with Crippen molar-refractivity contribution in [3.63, 3.8) is 0 Å². The highest BCUT2D eigenvalue weighted by molar-refractivity contribution is 7.23. The van der Waals surface area contributed by atoms with Gasteiger partial charge < -0.3 is 0 Å². The van der Waals surface area contributed by atoms with Gasteiger partial charge in [0.2, 0.25) is 4.96 Å². The maximum absolute atomic E-state index is 12.4. The molecule has 0 bridgehead atoms. The van der Waals surface area contributed by atoms with E-state index in [1.54, 1.807) is 6.07 Å². The van der Waals surface area contributed by atoms with E-state index >= 15 is 0 Å². The van der Waals surface area contributed by atoms with Gasteiger partial charge in [0, 0.05) is 0 Å². The van der Waals surface area contributed by atoms with Crippen LogP contribution in [-0.2, 0) is 6.18 Å². The number of halogens is 3. The van der Waals surface area contributed by atoms with Crippen LogP contribution in [0.4, 0.5) is 13.2 Å². The number of nitrogens with zero attached hydrogens (tertiary/aromatic N) is 3. The minimum absolute atomic E-state index is 0.262. The zero-order valence-corrected chi connectivity index (χ0v) is 9.43. The second-order valence-corrected chi connectivity index (χ2v) is 4.71. The summed E-state index contributed by atoms with van der Waals surface area (Å²) < 4.78 is 39.4. The molecule has 17 heavy (non-hydrogen) atoms. The van der Waals surface area contributed by atoms with Gasteiger partial charge in [0.1, 0.15) is 0 Å². The molecule has 0 atom stereocenters. The van der Waals surface area contributed by atoms with Crippen LogP contribution < -0.4 is 0 Å². The van der Waals surface area contributed by atoms with Crippen LogP contribution in [-0.4, -0.2) is 14.6 Å². The number of fused-ring (bicyclic) bond motifs is 3. The highest BCUT2D eigenvalue weighted by atomic mass is 32.1. The summed E-state index contributed by atoms with van der Waals surface area (Å²) in [6.45, 7) is 1.93. The maximum atomic E-state index is 12.4. The third kappa shape index (κ3) is 1.57. The molecule has 7 heteroatoms. The van der Waals surface area contributed by atoms with E-state index in [1.165, 1.54) is 15.9 Å². The van der Waals surface area contributed by atoms with Crippen LogP contribution in [0, 0.1) is 6.92 Å². The highest BCUT2D eigenvalue weighted by Crippen LogP contribution is 2.31. The number of benzene rings is 1. The van der Waals surface area contributed by atoms with Gasteiger partial charge in [-0.1, -0.05) is 17.4 Å². The van der Waals surface area contributed by atoms with E-state index in [1.807, 2.05) is 19.1 Å². The molecule has 0 N–H and O–H groups in total. The largest absolute Gasteiger partial charge is 0.453 e. The molecule has 0 radical (unpaired) electrons. The van der Waals surface area contributed by atoms with Gasteiger partial charge in [0.25, 0.3) is 5.82 Å². The van der Waals surface area contributed by atoms with Crippen molar-refractivity contribution in [1.82, 2.24) is 14.6 Å². The molecule has 88 valence electrons. The number of aromatic nitrogens is 3. The van der Waals surface area contributed by atoms with Gasteiger partial charge in [-0.15, -0.1) is 5.10 Å². The van der Waals surface area contributed by atoms with Crippen LogP contribution in [0.25, 0.3) is 15.2 Å². The molecule has 0 saturated heterocycles. The predicted molar refractivity (Wildman–Crippen MR) is 58.1 cm³/mol. The first-order chi connectivity index (χ1) is 7.95.